The van der Waals surface area contributed by atoms with Crippen LogP contribution in [-0.4, -0.2) is 28.0 Å². The Bertz CT molecular complexity index is 618. The third-order valence-electron chi connectivity index (χ3n) is 3.73. The van der Waals surface area contributed by atoms with Gasteiger partial charge in [-0.05, 0) is 36.3 Å². The molecule has 1 atom stereocenters. The molecule has 4 heterocycles. The Kier molecular flexibility index (Phi) is 1.78. The SMILES string of the molecule is C1=C(c2ccc3ncccc3n2)C2CCN1C2. The third kappa shape index (κ3) is 1.35. The molecule has 0 amide bonds. The van der Waals surface area contributed by atoms with E-state index in [0.717, 1.165) is 16.7 Å². The Morgan fingerprint density at radius 1 is 1.18 bits per heavy atom. The first-order valence-electron chi connectivity index (χ1n) is 6.08. The van der Waals surface area contributed by atoms with Crippen LogP contribution in [-0.2, 0) is 0 Å². The molecule has 0 spiro atoms. The lowest BCUT2D eigenvalue weighted by Gasteiger charge is -2.13. The molecular weight excluding hydrogens is 210 g/mol. The van der Waals surface area contributed by atoms with Gasteiger partial charge in [-0.15, -0.1) is 0 Å². The van der Waals surface area contributed by atoms with Gasteiger partial charge in [0.2, 0.25) is 0 Å². The summed E-state index contributed by atoms with van der Waals surface area (Å²) < 4.78 is 0. The summed E-state index contributed by atoms with van der Waals surface area (Å²) in [5, 5.41) is 0. The Morgan fingerprint density at radius 3 is 3.00 bits per heavy atom. The second-order valence-corrected chi connectivity index (χ2v) is 4.80. The molecule has 0 saturated carbocycles. The smallest absolute Gasteiger partial charge is 0.0894 e. The summed E-state index contributed by atoms with van der Waals surface area (Å²) in [6.07, 6.45) is 5.36. The Morgan fingerprint density at radius 2 is 2.18 bits per heavy atom. The summed E-state index contributed by atoms with van der Waals surface area (Å²) in [5.41, 5.74) is 4.49. The van der Waals surface area contributed by atoms with Crippen molar-refractivity contribution in [2.75, 3.05) is 13.1 Å². The molecule has 1 saturated heterocycles. The second-order valence-electron chi connectivity index (χ2n) is 4.80. The fourth-order valence-corrected chi connectivity index (χ4v) is 2.85. The van der Waals surface area contributed by atoms with Gasteiger partial charge in [0.05, 0.1) is 16.7 Å². The molecule has 3 heteroatoms. The van der Waals surface area contributed by atoms with Gasteiger partial charge in [-0.25, -0.2) is 4.98 Å². The molecular formula is C14H13N3. The number of fused-ring (bicyclic) bond motifs is 3. The van der Waals surface area contributed by atoms with Crippen LogP contribution in [0.4, 0.5) is 0 Å². The fourth-order valence-electron chi connectivity index (χ4n) is 2.85. The van der Waals surface area contributed by atoms with E-state index in [1.807, 2.05) is 18.3 Å². The van der Waals surface area contributed by atoms with Gasteiger partial charge in [0, 0.05) is 31.4 Å². The molecule has 2 bridgehead atoms. The molecule has 2 aliphatic heterocycles. The third-order valence-corrected chi connectivity index (χ3v) is 3.73. The van der Waals surface area contributed by atoms with Crippen molar-refractivity contribution < 1.29 is 0 Å². The first kappa shape index (κ1) is 9.16. The number of hydrogen-bond acceptors (Lipinski definition) is 3. The van der Waals surface area contributed by atoms with Gasteiger partial charge in [-0.3, -0.25) is 4.98 Å². The molecule has 1 fully saturated rings. The minimum Gasteiger partial charge on any atom is -0.376 e. The summed E-state index contributed by atoms with van der Waals surface area (Å²) >= 11 is 0. The molecule has 2 aromatic rings. The minimum absolute atomic E-state index is 0.691. The van der Waals surface area contributed by atoms with Gasteiger partial charge in [0.25, 0.3) is 0 Å². The quantitative estimate of drug-likeness (QED) is 0.743. The largest absolute Gasteiger partial charge is 0.376 e. The molecule has 0 aromatic carbocycles. The van der Waals surface area contributed by atoms with Gasteiger partial charge in [0.1, 0.15) is 0 Å². The zero-order valence-electron chi connectivity index (χ0n) is 9.50. The van der Waals surface area contributed by atoms with Crippen molar-refractivity contribution in [1.82, 2.24) is 14.9 Å². The lowest BCUT2D eigenvalue weighted by molar-refractivity contribution is 0.479. The van der Waals surface area contributed by atoms with Crippen LogP contribution < -0.4 is 0 Å². The zero-order chi connectivity index (χ0) is 11.2. The maximum absolute atomic E-state index is 4.72. The second kappa shape index (κ2) is 3.29. The number of aromatic nitrogens is 2. The van der Waals surface area contributed by atoms with Crippen LogP contribution >= 0.6 is 0 Å². The van der Waals surface area contributed by atoms with E-state index in [2.05, 4.69) is 28.2 Å². The lowest BCUT2D eigenvalue weighted by Crippen LogP contribution is -2.08. The van der Waals surface area contributed by atoms with Crippen LogP contribution in [0.2, 0.25) is 0 Å². The summed E-state index contributed by atoms with van der Waals surface area (Å²) in [6.45, 7) is 2.39. The average molecular weight is 223 g/mol. The van der Waals surface area contributed by atoms with Gasteiger partial charge in [-0.1, -0.05) is 0 Å². The normalized spacial score (nSPS) is 22.2. The highest BCUT2D eigenvalue weighted by atomic mass is 15.2. The topological polar surface area (TPSA) is 29.0 Å². The summed E-state index contributed by atoms with van der Waals surface area (Å²) in [7, 11) is 0. The van der Waals surface area contributed by atoms with Crippen LogP contribution in [0.1, 0.15) is 12.1 Å². The van der Waals surface area contributed by atoms with Crippen LogP contribution in [0.15, 0.2) is 36.7 Å². The van der Waals surface area contributed by atoms with Crippen molar-refractivity contribution in [3.8, 4) is 0 Å². The number of rotatable bonds is 1. The number of hydrogen-bond donors (Lipinski definition) is 0. The monoisotopic (exact) mass is 223 g/mol. The van der Waals surface area contributed by atoms with E-state index < -0.39 is 0 Å². The van der Waals surface area contributed by atoms with Crippen molar-refractivity contribution in [3.05, 3.63) is 42.4 Å². The van der Waals surface area contributed by atoms with Crippen LogP contribution in [0.25, 0.3) is 16.6 Å². The highest BCUT2D eigenvalue weighted by Gasteiger charge is 2.31. The van der Waals surface area contributed by atoms with Gasteiger partial charge >= 0.3 is 0 Å². The molecule has 84 valence electrons. The summed E-state index contributed by atoms with van der Waals surface area (Å²) in [4.78, 5) is 11.4. The van der Waals surface area contributed by atoms with E-state index in [0.29, 0.717) is 5.92 Å². The van der Waals surface area contributed by atoms with E-state index in [9.17, 15) is 0 Å². The highest BCUT2D eigenvalue weighted by molar-refractivity contribution is 5.78. The molecule has 1 unspecified atom stereocenters. The van der Waals surface area contributed by atoms with Crippen LogP contribution in [0.3, 0.4) is 0 Å². The predicted octanol–water partition coefficient (Wildman–Crippen LogP) is 2.31. The van der Waals surface area contributed by atoms with E-state index in [-0.39, 0.29) is 0 Å². The average Bonchev–Trinajstić information content (AvgIpc) is 3.00. The van der Waals surface area contributed by atoms with Crippen LogP contribution in [0, 0.1) is 5.92 Å². The van der Waals surface area contributed by atoms with Crippen molar-refractivity contribution in [2.24, 2.45) is 5.92 Å². The Balaban J connectivity index is 1.84. The molecule has 0 radical (unpaired) electrons. The van der Waals surface area contributed by atoms with Crippen molar-refractivity contribution in [2.45, 2.75) is 6.42 Å². The molecule has 2 aromatic heterocycles. The van der Waals surface area contributed by atoms with E-state index in [1.165, 1.54) is 25.1 Å². The Labute approximate surface area is 99.8 Å². The van der Waals surface area contributed by atoms with Gasteiger partial charge in [-0.2, -0.15) is 0 Å². The zero-order valence-corrected chi connectivity index (χ0v) is 9.50. The molecule has 3 nitrogen and oxygen atoms in total. The molecule has 2 aliphatic rings. The van der Waals surface area contributed by atoms with Gasteiger partial charge in [0.15, 0.2) is 0 Å². The summed E-state index contributed by atoms with van der Waals surface area (Å²) in [6, 6.07) is 8.14. The minimum atomic E-state index is 0.691. The Hall–Kier alpha value is -1.90. The fraction of sp³-hybridized carbons (Fsp3) is 0.286. The first-order valence-corrected chi connectivity index (χ1v) is 6.08. The highest BCUT2D eigenvalue weighted by Crippen LogP contribution is 2.37. The molecule has 0 aliphatic carbocycles. The lowest BCUT2D eigenvalue weighted by atomic mass is 9.96. The molecule has 0 N–H and O–H groups in total. The van der Waals surface area contributed by atoms with Crippen molar-refractivity contribution in [1.29, 1.82) is 0 Å². The van der Waals surface area contributed by atoms with Gasteiger partial charge < -0.3 is 4.90 Å². The van der Waals surface area contributed by atoms with E-state index in [1.54, 1.807) is 0 Å². The maximum Gasteiger partial charge on any atom is 0.0894 e. The standard InChI is InChI=1S/C14H13N3/c1-2-14-13(15-6-1)4-3-12(16-14)11-9-17-7-5-10(11)8-17/h1-4,6,9-10H,5,7-8H2. The molecule has 4 rings (SSSR count). The number of pyridine rings is 2. The van der Waals surface area contributed by atoms with Crippen molar-refractivity contribution >= 4 is 16.6 Å². The summed E-state index contributed by atoms with van der Waals surface area (Å²) in [5.74, 6) is 0.691. The van der Waals surface area contributed by atoms with Crippen LogP contribution in [0.5, 0.6) is 0 Å². The van der Waals surface area contributed by atoms with E-state index >= 15 is 0 Å². The molecule has 17 heavy (non-hydrogen) atoms. The predicted molar refractivity (Wildman–Crippen MR) is 67.2 cm³/mol. The van der Waals surface area contributed by atoms with Crippen molar-refractivity contribution in [3.63, 3.8) is 0 Å². The van der Waals surface area contributed by atoms with E-state index in [4.69, 9.17) is 4.98 Å². The maximum atomic E-state index is 4.72. The first-order chi connectivity index (χ1) is 8.40. The number of nitrogens with zero attached hydrogens (tertiary/aromatic N) is 3.